The Morgan fingerprint density at radius 3 is 2.66 bits per heavy atom. The summed E-state index contributed by atoms with van der Waals surface area (Å²) in [6, 6.07) is 12.4. The number of hydrogen-bond donors (Lipinski definition) is 3. The fraction of sp³-hybridized carbons (Fsp3) is 0.333. The van der Waals surface area contributed by atoms with Crippen molar-refractivity contribution in [1.29, 1.82) is 0 Å². The zero-order valence-corrected chi connectivity index (χ0v) is 21.9. The van der Waals surface area contributed by atoms with Crippen LogP contribution in [-0.4, -0.2) is 79.4 Å². The van der Waals surface area contributed by atoms with Gasteiger partial charge in [-0.25, -0.2) is 29.5 Å². The Bertz CT molecular complexity index is 1550. The van der Waals surface area contributed by atoms with E-state index in [4.69, 9.17) is 18.9 Å². The molecule has 2 amide bonds. The Labute approximate surface area is 233 Å². The van der Waals surface area contributed by atoms with E-state index in [1.165, 1.54) is 24.7 Å². The fourth-order valence-corrected chi connectivity index (χ4v) is 4.93. The number of nitrogens with one attached hydrogen (secondary N) is 2. The molecule has 4 aromatic rings. The molecule has 2 saturated heterocycles. The van der Waals surface area contributed by atoms with E-state index in [0.29, 0.717) is 24.1 Å². The molecule has 1 unspecified atom stereocenters. The largest absolute Gasteiger partial charge is 0.477 e. The van der Waals surface area contributed by atoms with Crippen LogP contribution in [0.15, 0.2) is 61.3 Å². The lowest BCUT2D eigenvalue weighted by Gasteiger charge is -2.21. The number of aromatic carboxylic acids is 1. The van der Waals surface area contributed by atoms with E-state index in [-0.39, 0.29) is 23.9 Å². The molecule has 212 valence electrons. The number of amides is 2. The molecule has 2 aliphatic rings. The molecule has 2 fully saturated rings. The van der Waals surface area contributed by atoms with E-state index in [0.717, 1.165) is 5.56 Å². The van der Waals surface area contributed by atoms with Crippen LogP contribution >= 0.6 is 0 Å². The van der Waals surface area contributed by atoms with Gasteiger partial charge in [0.05, 0.1) is 6.33 Å². The maximum atomic E-state index is 12.1. The van der Waals surface area contributed by atoms with E-state index in [9.17, 15) is 14.7 Å². The summed E-state index contributed by atoms with van der Waals surface area (Å²) in [4.78, 5) is 40.8. The molecule has 3 aromatic heterocycles. The third kappa shape index (κ3) is 5.39. The second-order valence-electron chi connectivity index (χ2n) is 9.39. The number of carboxylic acid groups (broad SMARTS) is 1. The van der Waals surface area contributed by atoms with Gasteiger partial charge in [-0.2, -0.15) is 0 Å². The van der Waals surface area contributed by atoms with Gasteiger partial charge in [0, 0.05) is 19.2 Å². The number of benzene rings is 1. The zero-order chi connectivity index (χ0) is 28.3. The number of carboxylic acids is 1. The average Bonchev–Trinajstić information content (AvgIpc) is 3.67. The maximum absolute atomic E-state index is 12.1. The quantitative estimate of drug-likeness (QED) is 0.274. The predicted molar refractivity (Wildman–Crippen MR) is 142 cm³/mol. The van der Waals surface area contributed by atoms with Gasteiger partial charge in [-0.15, -0.1) is 0 Å². The van der Waals surface area contributed by atoms with Gasteiger partial charge in [0.25, 0.3) is 0 Å². The van der Waals surface area contributed by atoms with E-state index in [1.807, 2.05) is 37.3 Å². The van der Waals surface area contributed by atoms with Crippen LogP contribution in [0.25, 0.3) is 11.2 Å². The molecule has 0 spiro atoms. The third-order valence-corrected chi connectivity index (χ3v) is 6.74. The van der Waals surface area contributed by atoms with Crippen LogP contribution in [0.1, 0.15) is 29.1 Å². The van der Waals surface area contributed by atoms with Crippen molar-refractivity contribution in [3.63, 3.8) is 0 Å². The minimum absolute atomic E-state index is 0.0229. The number of carbonyl (C=O) groups is 2. The van der Waals surface area contributed by atoms with Gasteiger partial charge in [0.15, 0.2) is 29.5 Å². The first kappa shape index (κ1) is 26.6. The molecular weight excluding hydrogens is 534 g/mol. The van der Waals surface area contributed by atoms with Gasteiger partial charge >= 0.3 is 12.0 Å². The second kappa shape index (κ2) is 11.4. The van der Waals surface area contributed by atoms with Crippen LogP contribution in [0.2, 0.25) is 0 Å². The molecule has 0 saturated carbocycles. The summed E-state index contributed by atoms with van der Waals surface area (Å²) in [6.45, 7) is 2.22. The highest BCUT2D eigenvalue weighted by Gasteiger charge is 2.54. The molecule has 5 heterocycles. The number of urea groups is 1. The molecule has 14 nitrogen and oxygen atoms in total. The monoisotopic (exact) mass is 561 g/mol. The highest BCUT2D eigenvalue weighted by molar-refractivity contribution is 5.95. The molecule has 0 aliphatic carbocycles. The molecule has 6 rings (SSSR count). The van der Waals surface area contributed by atoms with E-state index in [2.05, 4.69) is 30.6 Å². The summed E-state index contributed by atoms with van der Waals surface area (Å²) >= 11 is 0. The van der Waals surface area contributed by atoms with Crippen molar-refractivity contribution in [3.8, 4) is 5.88 Å². The minimum atomic E-state index is -1.15. The highest BCUT2D eigenvalue weighted by Crippen LogP contribution is 2.41. The van der Waals surface area contributed by atoms with Gasteiger partial charge in [0.1, 0.15) is 36.8 Å². The third-order valence-electron chi connectivity index (χ3n) is 6.74. The van der Waals surface area contributed by atoms with Crippen molar-refractivity contribution in [2.24, 2.45) is 0 Å². The Morgan fingerprint density at radius 1 is 1.02 bits per heavy atom. The Hall–Kier alpha value is -4.66. The van der Waals surface area contributed by atoms with Crippen molar-refractivity contribution in [2.45, 2.75) is 44.2 Å². The number of imidazole rings is 1. The maximum Gasteiger partial charge on any atom is 0.341 e. The van der Waals surface area contributed by atoms with Crippen molar-refractivity contribution in [2.75, 3.05) is 18.5 Å². The van der Waals surface area contributed by atoms with Gasteiger partial charge in [0.2, 0.25) is 5.88 Å². The summed E-state index contributed by atoms with van der Waals surface area (Å²) < 4.78 is 26.6. The lowest BCUT2D eigenvalue weighted by Crippen LogP contribution is -2.33. The molecule has 0 bridgehead atoms. The predicted octanol–water partition coefficient (Wildman–Crippen LogP) is 2.39. The fourth-order valence-electron chi connectivity index (χ4n) is 4.93. The van der Waals surface area contributed by atoms with Gasteiger partial charge in [-0.05, 0) is 24.6 Å². The molecule has 5 atom stereocenters. The standard InChI is InChI=1S/C27H27N7O7/c1-2-28-27(37)33-22-19-23(31-13-30-22)34(14-32-19)25-21-20(40-18(41-21)11-15-7-4-3-5-8-15)17(39-25)12-38-24-16(26(35)36)9-6-10-29-24/h3-10,13-14,17-18,20-21,25H,2,11-12H2,1H3,(H,35,36)(H2,28,30,31,33,37)/t17-,18?,20-,21-,25-/m1/s1. The Balaban J connectivity index is 1.28. The van der Waals surface area contributed by atoms with Crippen LogP contribution in [0.4, 0.5) is 10.6 Å². The summed E-state index contributed by atoms with van der Waals surface area (Å²) in [5.41, 5.74) is 1.78. The van der Waals surface area contributed by atoms with Crippen molar-refractivity contribution < 1.29 is 33.6 Å². The normalized spacial score (nSPS) is 23.3. The lowest BCUT2D eigenvalue weighted by molar-refractivity contribution is -0.148. The van der Waals surface area contributed by atoms with Gasteiger partial charge in [-0.1, -0.05) is 30.3 Å². The first-order chi connectivity index (χ1) is 20.0. The van der Waals surface area contributed by atoms with Crippen LogP contribution in [0, 0.1) is 0 Å². The van der Waals surface area contributed by atoms with E-state index < -0.39 is 42.8 Å². The van der Waals surface area contributed by atoms with Crippen LogP contribution in [0.3, 0.4) is 0 Å². The summed E-state index contributed by atoms with van der Waals surface area (Å²) in [5, 5.41) is 14.9. The number of pyridine rings is 1. The SMILES string of the molecule is CCNC(=O)Nc1ncnc2c1ncn2[C@@H]1O[C@H](COc2ncccc2C(=O)O)[C@H]2OC(Cc3ccccc3)O[C@H]21. The number of aromatic nitrogens is 5. The lowest BCUT2D eigenvalue weighted by atomic mass is 10.1. The second-order valence-corrected chi connectivity index (χ2v) is 9.39. The van der Waals surface area contributed by atoms with Crippen molar-refractivity contribution in [3.05, 3.63) is 72.4 Å². The van der Waals surface area contributed by atoms with Crippen molar-refractivity contribution >= 4 is 29.0 Å². The number of fused-ring (bicyclic) bond motifs is 2. The number of nitrogens with zero attached hydrogens (tertiary/aromatic N) is 5. The zero-order valence-electron chi connectivity index (χ0n) is 21.9. The molecule has 2 aliphatic heterocycles. The number of anilines is 1. The smallest absolute Gasteiger partial charge is 0.341 e. The van der Waals surface area contributed by atoms with Crippen molar-refractivity contribution in [1.82, 2.24) is 29.8 Å². The summed E-state index contributed by atoms with van der Waals surface area (Å²) in [7, 11) is 0. The molecule has 14 heteroatoms. The van der Waals surface area contributed by atoms with E-state index >= 15 is 0 Å². The average molecular weight is 562 g/mol. The number of ether oxygens (including phenoxy) is 4. The van der Waals surface area contributed by atoms with E-state index in [1.54, 1.807) is 10.9 Å². The Morgan fingerprint density at radius 2 is 1.85 bits per heavy atom. The molecular formula is C27H27N7O7. The first-order valence-electron chi connectivity index (χ1n) is 13.1. The number of hydrogen-bond acceptors (Lipinski definition) is 10. The number of rotatable bonds is 9. The topological polar surface area (TPSA) is 172 Å². The van der Waals surface area contributed by atoms with Crippen LogP contribution in [0.5, 0.6) is 5.88 Å². The Kier molecular flexibility index (Phi) is 7.41. The molecule has 41 heavy (non-hydrogen) atoms. The highest BCUT2D eigenvalue weighted by atomic mass is 16.8. The van der Waals surface area contributed by atoms with Gasteiger partial charge < -0.3 is 29.4 Å². The molecule has 3 N–H and O–H groups in total. The summed E-state index contributed by atoms with van der Waals surface area (Å²) in [5.74, 6) is -0.928. The molecule has 0 radical (unpaired) electrons. The summed E-state index contributed by atoms with van der Waals surface area (Å²) in [6.07, 6.45) is 1.84. The van der Waals surface area contributed by atoms with Gasteiger partial charge in [-0.3, -0.25) is 9.88 Å². The minimum Gasteiger partial charge on any atom is -0.477 e. The first-order valence-corrected chi connectivity index (χ1v) is 13.1. The van der Waals surface area contributed by atoms with Crippen LogP contribution in [-0.2, 0) is 20.6 Å². The molecule has 1 aromatic carbocycles. The number of carbonyl (C=O) groups excluding carboxylic acids is 1. The van der Waals surface area contributed by atoms with Crippen LogP contribution < -0.4 is 15.4 Å².